The van der Waals surface area contributed by atoms with Crippen LogP contribution in [0.1, 0.15) is 15.3 Å². The van der Waals surface area contributed by atoms with Crippen molar-refractivity contribution in [2.45, 2.75) is 26.4 Å². The second kappa shape index (κ2) is 10.1. The molecular weight excluding hydrogens is 170 g/mol. The molecule has 0 bridgehead atoms. The van der Waals surface area contributed by atoms with Crippen LogP contribution in [0.3, 0.4) is 0 Å². The predicted molar refractivity (Wildman–Crippen MR) is 42.0 cm³/mol. The first kappa shape index (κ1) is 15.4. The summed E-state index contributed by atoms with van der Waals surface area (Å²) in [6, 6.07) is 0. The van der Waals surface area contributed by atoms with Gasteiger partial charge in [-0.2, -0.15) is 0 Å². The Morgan fingerprint density at radius 3 is 1.58 bits per heavy atom. The molecule has 0 aromatic heterocycles. The number of hydrogen-bond donors (Lipinski definition) is 0. The van der Waals surface area contributed by atoms with Crippen LogP contribution in [-0.2, 0) is 17.1 Å². The van der Waals surface area contributed by atoms with E-state index in [1.165, 1.54) is 0 Å². The minimum atomic E-state index is -0.500. The summed E-state index contributed by atoms with van der Waals surface area (Å²) in [5, 5.41) is 0. The maximum absolute atomic E-state index is 5.12. The molecule has 0 amide bonds. The third-order valence-corrected chi connectivity index (χ3v) is 2.15. The Hall–Kier alpha value is 0.970. The summed E-state index contributed by atoms with van der Waals surface area (Å²) in [5.74, 6) is 0. The fraction of sp³-hybridized carbons (Fsp3) is 1.00. The summed E-state index contributed by atoms with van der Waals surface area (Å²) >= 11 is -0.500. The maximum Gasteiger partial charge on any atom is 1.00 e. The third kappa shape index (κ3) is 9.06. The van der Waals surface area contributed by atoms with E-state index in [0.29, 0.717) is 0 Å². The molecule has 0 aliphatic heterocycles. The fourth-order valence-electron chi connectivity index (χ4n) is 0.300. The van der Waals surface area contributed by atoms with Gasteiger partial charge in [0.05, 0.1) is 0 Å². The van der Waals surface area contributed by atoms with Crippen LogP contribution in [0.25, 0.3) is 0 Å². The van der Waals surface area contributed by atoms with E-state index in [4.69, 9.17) is 17.1 Å². The number of ether oxygens (including phenoxy) is 2. The van der Waals surface area contributed by atoms with Gasteiger partial charge in [0.1, 0.15) is 12.6 Å². The quantitative estimate of drug-likeness (QED) is 0.343. The topological polar surface area (TPSA) is 36.9 Å². The predicted octanol–water partition coefficient (Wildman–Crippen LogP) is -2.34. The first-order chi connectivity index (χ1) is 5.20. The standard InChI is InChI=1S/2C3H7O2.Al.Li.H/c2*1-3(4)5-2;;;/h2*3H,1-2H3;;;/q2*-1;+2;+1;-1. The monoisotopic (exact) mass is 185 g/mol. The van der Waals surface area contributed by atoms with E-state index in [1.807, 2.05) is 13.8 Å². The van der Waals surface area contributed by atoms with Crippen LogP contribution in [0.4, 0.5) is 0 Å². The normalized spacial score (nSPS) is 14.7. The van der Waals surface area contributed by atoms with Crippen molar-refractivity contribution < 1.29 is 37.3 Å². The van der Waals surface area contributed by atoms with Crippen molar-refractivity contribution >= 4 is 15.9 Å². The Bertz CT molecular complexity index is 90.7. The summed E-state index contributed by atoms with van der Waals surface area (Å²) in [6.07, 6.45) is -0.400. The minimum absolute atomic E-state index is 0. The molecule has 6 heteroatoms. The zero-order chi connectivity index (χ0) is 8.69. The van der Waals surface area contributed by atoms with Gasteiger partial charge in [-0.25, -0.2) is 0 Å². The Balaban J connectivity index is -0.000000500. The molecule has 0 aliphatic carbocycles. The molecule has 0 spiro atoms. The van der Waals surface area contributed by atoms with Gasteiger partial charge in [0.2, 0.25) is 0 Å². The summed E-state index contributed by atoms with van der Waals surface area (Å²) < 4.78 is 19.9. The Morgan fingerprint density at radius 1 is 1.00 bits per heavy atom. The molecule has 0 N–H and O–H groups in total. The largest absolute Gasteiger partial charge is 1.00 e. The van der Waals surface area contributed by atoms with Crippen LogP contribution in [0.5, 0.6) is 0 Å². The van der Waals surface area contributed by atoms with E-state index in [9.17, 15) is 0 Å². The number of hydrogen-bond acceptors (Lipinski definition) is 4. The molecule has 0 saturated carbocycles. The molecule has 4 nitrogen and oxygen atoms in total. The van der Waals surface area contributed by atoms with Crippen molar-refractivity contribution in [2.24, 2.45) is 0 Å². The van der Waals surface area contributed by atoms with Crippen LogP contribution >= 0.6 is 0 Å². The van der Waals surface area contributed by atoms with Crippen LogP contribution in [0.15, 0.2) is 0 Å². The van der Waals surface area contributed by atoms with Crippen LogP contribution in [0, 0.1) is 0 Å². The molecule has 0 saturated heterocycles. The van der Waals surface area contributed by atoms with Crippen molar-refractivity contribution in [2.75, 3.05) is 14.2 Å². The van der Waals surface area contributed by atoms with Gasteiger partial charge in [0, 0.05) is 14.2 Å². The average Bonchev–Trinajstić information content (AvgIpc) is 2.04. The van der Waals surface area contributed by atoms with Crippen molar-refractivity contribution in [3.05, 3.63) is 0 Å². The zero-order valence-electron chi connectivity index (χ0n) is 9.37. The fourth-order valence-corrected chi connectivity index (χ4v) is 0.899. The van der Waals surface area contributed by atoms with Crippen molar-refractivity contribution in [1.29, 1.82) is 0 Å². The average molecular weight is 185 g/mol. The minimum Gasteiger partial charge on any atom is -1.00 e. The SMILES string of the molecule is COC(C)[O][Al][O]C(C)OC.[H-].[Li+]. The molecule has 2 unspecified atom stereocenters. The number of methoxy groups -OCH3 is 2. The van der Waals surface area contributed by atoms with Gasteiger partial charge >= 0.3 is 34.7 Å². The van der Waals surface area contributed by atoms with Crippen LogP contribution < -0.4 is 18.9 Å². The Kier molecular flexibility index (Phi) is 12.9. The second-order valence-electron chi connectivity index (χ2n) is 1.98. The maximum atomic E-state index is 5.12. The van der Waals surface area contributed by atoms with Gasteiger partial charge in [-0.15, -0.1) is 0 Å². The Morgan fingerprint density at radius 2 is 1.33 bits per heavy atom. The van der Waals surface area contributed by atoms with E-state index in [-0.39, 0.29) is 32.9 Å². The summed E-state index contributed by atoms with van der Waals surface area (Å²) in [4.78, 5) is 0. The molecule has 1 radical (unpaired) electrons. The molecule has 0 aromatic carbocycles. The third-order valence-electron chi connectivity index (χ3n) is 1.16. The molecule has 0 heterocycles. The molecular formula is C6H15AlLiO4. The van der Waals surface area contributed by atoms with Gasteiger partial charge in [0.15, 0.2) is 0 Å². The Labute approximate surface area is 93.9 Å². The molecule has 0 rings (SSSR count). The molecule has 0 aromatic rings. The van der Waals surface area contributed by atoms with E-state index in [2.05, 4.69) is 0 Å². The van der Waals surface area contributed by atoms with Crippen LogP contribution in [0.2, 0.25) is 0 Å². The molecule has 67 valence electrons. The van der Waals surface area contributed by atoms with E-state index in [1.54, 1.807) is 14.2 Å². The molecule has 0 fully saturated rings. The first-order valence-electron chi connectivity index (χ1n) is 3.39. The van der Waals surface area contributed by atoms with Gasteiger partial charge in [-0.3, -0.25) is 0 Å². The van der Waals surface area contributed by atoms with E-state index in [0.717, 1.165) is 0 Å². The smallest absolute Gasteiger partial charge is 1.00 e. The molecule has 2 atom stereocenters. The molecule has 0 aliphatic rings. The zero-order valence-corrected chi connectivity index (χ0v) is 9.52. The van der Waals surface area contributed by atoms with Crippen LogP contribution in [-0.4, -0.2) is 42.7 Å². The van der Waals surface area contributed by atoms with E-state index >= 15 is 0 Å². The van der Waals surface area contributed by atoms with Gasteiger partial charge in [-0.1, -0.05) is 0 Å². The number of rotatable bonds is 6. The van der Waals surface area contributed by atoms with Gasteiger partial charge in [-0.05, 0) is 13.8 Å². The van der Waals surface area contributed by atoms with Crippen molar-refractivity contribution in [1.82, 2.24) is 0 Å². The summed E-state index contributed by atoms with van der Waals surface area (Å²) in [6.45, 7) is 3.63. The van der Waals surface area contributed by atoms with Gasteiger partial charge < -0.3 is 18.5 Å². The van der Waals surface area contributed by atoms with E-state index < -0.39 is 15.9 Å². The summed E-state index contributed by atoms with van der Waals surface area (Å²) in [5.41, 5.74) is 0. The summed E-state index contributed by atoms with van der Waals surface area (Å²) in [7, 11) is 3.17. The van der Waals surface area contributed by atoms with Crippen molar-refractivity contribution in [3.63, 3.8) is 0 Å². The van der Waals surface area contributed by atoms with Gasteiger partial charge in [0.25, 0.3) is 0 Å². The first-order valence-corrected chi connectivity index (χ1v) is 4.33. The molecule has 12 heavy (non-hydrogen) atoms. The second-order valence-corrected chi connectivity index (χ2v) is 2.71. The van der Waals surface area contributed by atoms with Crippen molar-refractivity contribution in [3.8, 4) is 0 Å².